The first-order valence-electron chi connectivity index (χ1n) is 9.68. The Morgan fingerprint density at radius 3 is 2.89 bits per heavy atom. The molecule has 1 saturated carbocycles. The zero-order chi connectivity index (χ0) is 19.5. The van der Waals surface area contributed by atoms with E-state index in [1.165, 1.54) is 0 Å². The van der Waals surface area contributed by atoms with Gasteiger partial charge in [-0.05, 0) is 50.8 Å². The summed E-state index contributed by atoms with van der Waals surface area (Å²) < 4.78 is 6.18. The van der Waals surface area contributed by atoms with Crippen LogP contribution in [0, 0.1) is 5.92 Å². The molecule has 0 amide bonds. The van der Waals surface area contributed by atoms with Crippen molar-refractivity contribution < 1.29 is 9.53 Å². The van der Waals surface area contributed by atoms with Crippen molar-refractivity contribution in [2.24, 2.45) is 5.92 Å². The van der Waals surface area contributed by atoms with Gasteiger partial charge < -0.3 is 15.0 Å². The summed E-state index contributed by atoms with van der Waals surface area (Å²) in [5.41, 5.74) is 2.98. The van der Waals surface area contributed by atoms with Crippen molar-refractivity contribution in [1.82, 2.24) is 15.0 Å². The minimum absolute atomic E-state index is 0.0221. The van der Waals surface area contributed by atoms with Gasteiger partial charge in [0.05, 0.1) is 18.2 Å². The molecule has 0 aliphatic heterocycles. The molecule has 0 atom stereocenters. The molecule has 3 aromatic rings. The zero-order valence-electron chi connectivity index (χ0n) is 15.7. The van der Waals surface area contributed by atoms with E-state index in [1.54, 1.807) is 6.20 Å². The van der Waals surface area contributed by atoms with Gasteiger partial charge >= 0.3 is 5.97 Å². The molecule has 1 aliphatic carbocycles. The van der Waals surface area contributed by atoms with E-state index in [0.29, 0.717) is 12.6 Å². The van der Waals surface area contributed by atoms with Gasteiger partial charge in [-0.15, -0.1) is 0 Å². The van der Waals surface area contributed by atoms with E-state index >= 15 is 0 Å². The lowest BCUT2D eigenvalue weighted by molar-refractivity contribution is -0.149. The molecule has 0 unspecified atom stereocenters. The number of H-pyrrole nitrogens is 1. The topological polar surface area (TPSA) is 79.9 Å². The first-order chi connectivity index (χ1) is 13.7. The average molecular weight is 443 g/mol. The minimum atomic E-state index is -0.0656. The van der Waals surface area contributed by atoms with Gasteiger partial charge in [-0.3, -0.25) is 4.79 Å². The first-order valence-corrected chi connectivity index (χ1v) is 10.5. The van der Waals surface area contributed by atoms with Crippen LogP contribution in [0.4, 0.5) is 5.95 Å². The number of esters is 1. The Morgan fingerprint density at radius 2 is 2.11 bits per heavy atom. The number of anilines is 1. The van der Waals surface area contributed by atoms with Crippen molar-refractivity contribution in [1.29, 1.82) is 0 Å². The highest BCUT2D eigenvalue weighted by atomic mass is 79.9. The van der Waals surface area contributed by atoms with Gasteiger partial charge in [0.2, 0.25) is 5.95 Å². The molecular weight excluding hydrogens is 420 g/mol. The molecular formula is C21H23BrN4O2. The molecule has 146 valence electrons. The molecule has 0 spiro atoms. The van der Waals surface area contributed by atoms with Crippen LogP contribution in [0.3, 0.4) is 0 Å². The summed E-state index contributed by atoms with van der Waals surface area (Å²) in [6.07, 6.45) is 7.26. The first kappa shape index (κ1) is 18.9. The SMILES string of the molecule is CCOC(=O)C1CCC(Nc2nccc(-c3c[nH]c4cccc(Br)c34)n2)CC1. The van der Waals surface area contributed by atoms with Crippen molar-refractivity contribution in [3.8, 4) is 11.3 Å². The van der Waals surface area contributed by atoms with Crippen LogP contribution in [0.1, 0.15) is 32.6 Å². The Labute approximate surface area is 172 Å². The molecule has 0 saturated heterocycles. The number of halogens is 1. The second-order valence-corrected chi connectivity index (χ2v) is 7.93. The smallest absolute Gasteiger partial charge is 0.308 e. The summed E-state index contributed by atoms with van der Waals surface area (Å²) in [7, 11) is 0. The third kappa shape index (κ3) is 3.90. The van der Waals surface area contributed by atoms with Gasteiger partial charge in [0.25, 0.3) is 0 Å². The highest BCUT2D eigenvalue weighted by molar-refractivity contribution is 9.10. The van der Waals surface area contributed by atoms with Crippen LogP contribution in [-0.4, -0.2) is 33.6 Å². The van der Waals surface area contributed by atoms with Crippen LogP contribution in [0.5, 0.6) is 0 Å². The fraction of sp³-hybridized carbons (Fsp3) is 0.381. The van der Waals surface area contributed by atoms with Crippen LogP contribution in [0.25, 0.3) is 22.2 Å². The summed E-state index contributed by atoms with van der Waals surface area (Å²) in [4.78, 5) is 24.3. The number of hydrogen-bond donors (Lipinski definition) is 2. The number of hydrogen-bond acceptors (Lipinski definition) is 5. The van der Waals surface area contributed by atoms with Gasteiger partial charge in [0.15, 0.2) is 0 Å². The van der Waals surface area contributed by atoms with Crippen molar-refractivity contribution in [3.63, 3.8) is 0 Å². The molecule has 7 heteroatoms. The third-order valence-corrected chi connectivity index (χ3v) is 5.93. The maximum atomic E-state index is 11.9. The molecule has 4 rings (SSSR count). The Hall–Kier alpha value is -2.41. The van der Waals surface area contributed by atoms with Gasteiger partial charge in [-0.2, -0.15) is 0 Å². The van der Waals surface area contributed by atoms with E-state index in [9.17, 15) is 4.79 Å². The molecule has 1 aliphatic rings. The van der Waals surface area contributed by atoms with Crippen molar-refractivity contribution >= 4 is 38.8 Å². The number of nitrogens with zero attached hydrogens (tertiary/aromatic N) is 2. The molecule has 28 heavy (non-hydrogen) atoms. The summed E-state index contributed by atoms with van der Waals surface area (Å²) >= 11 is 3.63. The van der Waals surface area contributed by atoms with Crippen molar-refractivity contribution in [2.75, 3.05) is 11.9 Å². The van der Waals surface area contributed by atoms with Gasteiger partial charge in [0.1, 0.15) is 0 Å². The number of ether oxygens (including phenoxy) is 1. The highest BCUT2D eigenvalue weighted by Gasteiger charge is 2.27. The number of aromatic amines is 1. The van der Waals surface area contributed by atoms with Crippen LogP contribution in [0.2, 0.25) is 0 Å². The molecule has 2 N–H and O–H groups in total. The van der Waals surface area contributed by atoms with E-state index in [2.05, 4.69) is 31.2 Å². The van der Waals surface area contributed by atoms with E-state index < -0.39 is 0 Å². The second-order valence-electron chi connectivity index (χ2n) is 7.08. The number of carbonyl (C=O) groups is 1. The Balaban J connectivity index is 1.47. The van der Waals surface area contributed by atoms with Crippen molar-refractivity contribution in [2.45, 2.75) is 38.6 Å². The summed E-state index contributed by atoms with van der Waals surface area (Å²) in [6, 6.07) is 8.28. The molecule has 2 heterocycles. The van der Waals surface area contributed by atoms with Crippen LogP contribution in [0.15, 0.2) is 41.1 Å². The predicted octanol–water partition coefficient (Wildman–Crippen LogP) is 4.92. The number of rotatable bonds is 5. The minimum Gasteiger partial charge on any atom is -0.466 e. The largest absolute Gasteiger partial charge is 0.466 e. The highest BCUT2D eigenvalue weighted by Crippen LogP contribution is 2.33. The maximum Gasteiger partial charge on any atom is 0.308 e. The fourth-order valence-electron chi connectivity index (χ4n) is 3.84. The number of fused-ring (bicyclic) bond motifs is 1. The molecule has 1 aromatic carbocycles. The Bertz CT molecular complexity index is 979. The normalized spacial score (nSPS) is 19.5. The van der Waals surface area contributed by atoms with Crippen LogP contribution < -0.4 is 5.32 Å². The standard InChI is InChI=1S/C21H23BrN4O2/c1-2-28-20(27)13-6-8-14(9-7-13)25-21-23-11-10-17(26-21)15-12-24-18-5-3-4-16(22)19(15)18/h3-5,10-14,24H,2,6-9H2,1H3,(H,23,25,26). The summed E-state index contributed by atoms with van der Waals surface area (Å²) in [5.74, 6) is 0.580. The average Bonchev–Trinajstić information content (AvgIpc) is 3.15. The molecule has 0 bridgehead atoms. The Morgan fingerprint density at radius 1 is 1.29 bits per heavy atom. The molecule has 1 fully saturated rings. The summed E-state index contributed by atoms with van der Waals surface area (Å²) in [5, 5.41) is 4.55. The number of benzene rings is 1. The van der Waals surface area contributed by atoms with E-state index in [4.69, 9.17) is 9.72 Å². The van der Waals surface area contributed by atoms with E-state index in [1.807, 2.05) is 37.4 Å². The number of nitrogens with one attached hydrogen (secondary N) is 2. The van der Waals surface area contributed by atoms with Crippen LogP contribution in [-0.2, 0) is 9.53 Å². The Kier molecular flexibility index (Phi) is 5.62. The predicted molar refractivity (Wildman–Crippen MR) is 113 cm³/mol. The quantitative estimate of drug-likeness (QED) is 0.548. The van der Waals surface area contributed by atoms with Crippen molar-refractivity contribution in [3.05, 3.63) is 41.1 Å². The van der Waals surface area contributed by atoms with Gasteiger partial charge in [-0.1, -0.05) is 22.0 Å². The fourth-order valence-corrected chi connectivity index (χ4v) is 4.42. The lowest BCUT2D eigenvalue weighted by Crippen LogP contribution is -2.30. The van der Waals surface area contributed by atoms with Gasteiger partial charge in [-0.25, -0.2) is 9.97 Å². The molecule has 6 nitrogen and oxygen atoms in total. The number of aromatic nitrogens is 3. The zero-order valence-corrected chi connectivity index (χ0v) is 17.3. The number of carbonyl (C=O) groups excluding carboxylic acids is 1. The van der Waals surface area contributed by atoms with E-state index in [0.717, 1.165) is 52.3 Å². The van der Waals surface area contributed by atoms with E-state index in [-0.39, 0.29) is 17.9 Å². The summed E-state index contributed by atoms with van der Waals surface area (Å²) in [6.45, 7) is 2.29. The lowest BCUT2D eigenvalue weighted by Gasteiger charge is -2.27. The second kappa shape index (κ2) is 8.31. The lowest BCUT2D eigenvalue weighted by atomic mass is 9.86. The molecule has 0 radical (unpaired) electrons. The monoisotopic (exact) mass is 442 g/mol. The third-order valence-electron chi connectivity index (χ3n) is 5.27. The molecule has 2 aromatic heterocycles. The maximum absolute atomic E-state index is 11.9. The van der Waals surface area contributed by atoms with Gasteiger partial charge in [0, 0.05) is 39.4 Å². The van der Waals surface area contributed by atoms with Crippen LogP contribution >= 0.6 is 15.9 Å².